The molecule has 0 amide bonds. The van der Waals surface area contributed by atoms with Crippen LogP contribution in [0.4, 0.5) is 0 Å². The average Bonchev–Trinajstić information content (AvgIpc) is 3.56. The monoisotopic (exact) mass is 655 g/mol. The van der Waals surface area contributed by atoms with Crippen molar-refractivity contribution in [2.45, 2.75) is 27.7 Å². The summed E-state index contributed by atoms with van der Waals surface area (Å²) in [5.74, 6) is 0. The molecule has 0 spiro atoms. The van der Waals surface area contributed by atoms with Crippen LogP contribution in [0.25, 0.3) is 88.6 Å². The molecule has 244 valence electrons. The van der Waals surface area contributed by atoms with E-state index in [9.17, 15) is 0 Å². The lowest BCUT2D eigenvalue weighted by Gasteiger charge is -2.16. The normalized spacial score (nSPS) is 11.5. The molecule has 9 aromatic rings. The third-order valence-electron chi connectivity index (χ3n) is 10.4. The molecule has 0 unspecified atom stereocenters. The number of para-hydroxylation sites is 2. The van der Waals surface area contributed by atoms with Gasteiger partial charge in [-0.2, -0.15) is 0 Å². The second kappa shape index (κ2) is 12.3. The van der Waals surface area contributed by atoms with E-state index in [1.165, 1.54) is 55.6 Å². The first-order valence-electron chi connectivity index (χ1n) is 17.6. The summed E-state index contributed by atoms with van der Waals surface area (Å²) in [6, 6.07) is 54.6. The maximum Gasteiger partial charge on any atom is 0.147 e. The quantitative estimate of drug-likeness (QED) is 0.184. The molecule has 0 fully saturated rings. The van der Waals surface area contributed by atoms with E-state index in [-0.39, 0.29) is 0 Å². The number of aromatic nitrogens is 1. The van der Waals surface area contributed by atoms with Crippen LogP contribution in [0, 0.1) is 27.7 Å². The van der Waals surface area contributed by atoms with Gasteiger partial charge in [-0.25, -0.2) is 4.98 Å². The summed E-state index contributed by atoms with van der Waals surface area (Å²) in [7, 11) is 0. The van der Waals surface area contributed by atoms with Crippen molar-refractivity contribution in [2.75, 3.05) is 0 Å². The van der Waals surface area contributed by atoms with E-state index in [1.807, 2.05) is 12.1 Å². The molecule has 0 N–H and O–H groups in total. The number of nitrogens with zero attached hydrogens (tertiary/aromatic N) is 1. The molecule has 9 rings (SSSR count). The van der Waals surface area contributed by atoms with Gasteiger partial charge in [-0.05, 0) is 143 Å². The van der Waals surface area contributed by atoms with Gasteiger partial charge in [-0.3, -0.25) is 0 Å². The predicted molar refractivity (Wildman–Crippen MR) is 215 cm³/mol. The zero-order valence-electron chi connectivity index (χ0n) is 29.3. The Morgan fingerprint density at radius 1 is 0.392 bits per heavy atom. The molecule has 51 heavy (non-hydrogen) atoms. The summed E-state index contributed by atoms with van der Waals surface area (Å²) in [6.45, 7) is 8.78. The van der Waals surface area contributed by atoms with E-state index < -0.39 is 0 Å². The molecule has 0 radical (unpaired) electrons. The fourth-order valence-electron chi connectivity index (χ4n) is 7.65. The van der Waals surface area contributed by atoms with Crippen molar-refractivity contribution in [1.82, 2.24) is 4.98 Å². The van der Waals surface area contributed by atoms with Gasteiger partial charge < -0.3 is 4.42 Å². The first-order valence-corrected chi connectivity index (χ1v) is 17.6. The molecule has 0 bridgehead atoms. The Kier molecular flexibility index (Phi) is 7.40. The highest BCUT2D eigenvalue weighted by atomic mass is 16.3. The van der Waals surface area contributed by atoms with Crippen molar-refractivity contribution < 1.29 is 4.42 Å². The summed E-state index contributed by atoms with van der Waals surface area (Å²) >= 11 is 0. The number of hydrogen-bond acceptors (Lipinski definition) is 2. The number of furan rings is 1. The van der Waals surface area contributed by atoms with Crippen molar-refractivity contribution in [3.63, 3.8) is 0 Å². The van der Waals surface area contributed by atoms with Crippen molar-refractivity contribution in [1.29, 1.82) is 0 Å². The molecule has 0 saturated carbocycles. The molecule has 0 aliphatic carbocycles. The highest BCUT2D eigenvalue weighted by molar-refractivity contribution is 6.19. The second-order valence-electron chi connectivity index (χ2n) is 13.8. The Labute approximate surface area is 298 Å². The van der Waals surface area contributed by atoms with Crippen LogP contribution in [0.3, 0.4) is 0 Å². The molecule has 2 nitrogen and oxygen atoms in total. The van der Waals surface area contributed by atoms with E-state index in [1.54, 1.807) is 0 Å². The molecular weight excluding hydrogens is 619 g/mol. The van der Waals surface area contributed by atoms with E-state index in [0.717, 1.165) is 55.2 Å². The topological polar surface area (TPSA) is 26.0 Å². The number of aryl methyl sites for hydroxylation is 4. The van der Waals surface area contributed by atoms with Crippen molar-refractivity contribution >= 4 is 32.8 Å². The lowest BCUT2D eigenvalue weighted by atomic mass is 9.88. The van der Waals surface area contributed by atoms with E-state index in [2.05, 4.69) is 167 Å². The SMILES string of the molecule is Cc1ccccc1-c1cc(-c2cc(-c3ccc(C)c(-c4ccccc4C)c3)cc(-c3nc4ccccc4c4oc5ccccc5c34)c2)ccc1C. The van der Waals surface area contributed by atoms with Crippen molar-refractivity contribution in [3.8, 4) is 55.8 Å². The minimum absolute atomic E-state index is 0.867. The van der Waals surface area contributed by atoms with Crippen LogP contribution in [0.5, 0.6) is 0 Å². The molecule has 2 aromatic heterocycles. The van der Waals surface area contributed by atoms with E-state index in [0.29, 0.717) is 0 Å². The van der Waals surface area contributed by atoms with Gasteiger partial charge in [0.2, 0.25) is 0 Å². The summed E-state index contributed by atoms with van der Waals surface area (Å²) in [6.07, 6.45) is 0. The Morgan fingerprint density at radius 2 is 0.882 bits per heavy atom. The standard InChI is InChI=1S/C49H37NO/c1-30-13-5-7-15-39(30)43-28-34(23-21-32(43)3)36-25-37(35-24-22-33(4)44(29-35)40-16-8-6-14-31(40)2)27-38(26-36)48-47-42-18-10-12-20-46(42)51-49(47)41-17-9-11-19-45(41)50-48/h5-29H,1-4H3. The minimum atomic E-state index is 0.867. The highest BCUT2D eigenvalue weighted by Gasteiger charge is 2.20. The number of fused-ring (bicyclic) bond motifs is 5. The maximum absolute atomic E-state index is 6.60. The second-order valence-corrected chi connectivity index (χ2v) is 13.8. The maximum atomic E-state index is 6.60. The number of hydrogen-bond donors (Lipinski definition) is 0. The zero-order valence-corrected chi connectivity index (χ0v) is 29.3. The third kappa shape index (κ3) is 5.32. The van der Waals surface area contributed by atoms with Gasteiger partial charge in [0.15, 0.2) is 0 Å². The van der Waals surface area contributed by atoms with Gasteiger partial charge in [0.1, 0.15) is 11.2 Å². The number of pyridine rings is 1. The van der Waals surface area contributed by atoms with Gasteiger partial charge in [-0.15, -0.1) is 0 Å². The van der Waals surface area contributed by atoms with Crippen molar-refractivity contribution in [3.05, 3.63) is 174 Å². The lowest BCUT2D eigenvalue weighted by molar-refractivity contribution is 0.672. The molecule has 2 heterocycles. The minimum Gasteiger partial charge on any atom is -0.455 e. The van der Waals surface area contributed by atoms with Crippen LogP contribution < -0.4 is 0 Å². The van der Waals surface area contributed by atoms with E-state index >= 15 is 0 Å². The summed E-state index contributed by atoms with van der Waals surface area (Å²) < 4.78 is 6.60. The highest BCUT2D eigenvalue weighted by Crippen LogP contribution is 2.43. The van der Waals surface area contributed by atoms with Crippen LogP contribution in [-0.2, 0) is 0 Å². The van der Waals surface area contributed by atoms with Gasteiger partial charge in [-0.1, -0.05) is 103 Å². The number of rotatable bonds is 5. The molecule has 7 aromatic carbocycles. The van der Waals surface area contributed by atoms with Crippen molar-refractivity contribution in [2.24, 2.45) is 0 Å². The van der Waals surface area contributed by atoms with Crippen LogP contribution in [-0.4, -0.2) is 4.98 Å². The third-order valence-corrected chi connectivity index (χ3v) is 10.4. The van der Waals surface area contributed by atoms with Crippen LogP contribution in [0.15, 0.2) is 156 Å². The average molecular weight is 656 g/mol. The predicted octanol–water partition coefficient (Wildman–Crippen LogP) is 13.7. The van der Waals surface area contributed by atoms with E-state index in [4.69, 9.17) is 9.40 Å². The summed E-state index contributed by atoms with van der Waals surface area (Å²) in [5, 5.41) is 3.13. The summed E-state index contributed by atoms with van der Waals surface area (Å²) in [5.41, 5.74) is 19.3. The van der Waals surface area contributed by atoms with Crippen LogP contribution in [0.1, 0.15) is 22.3 Å². The Morgan fingerprint density at radius 3 is 1.49 bits per heavy atom. The smallest absolute Gasteiger partial charge is 0.147 e. The lowest BCUT2D eigenvalue weighted by Crippen LogP contribution is -1.93. The molecule has 0 atom stereocenters. The fourth-order valence-corrected chi connectivity index (χ4v) is 7.65. The first kappa shape index (κ1) is 30.8. The summed E-state index contributed by atoms with van der Waals surface area (Å²) in [4.78, 5) is 5.39. The zero-order chi connectivity index (χ0) is 34.6. The largest absolute Gasteiger partial charge is 0.455 e. The Balaban J connectivity index is 1.33. The first-order chi connectivity index (χ1) is 24.9. The molecule has 2 heteroatoms. The van der Waals surface area contributed by atoms with Gasteiger partial charge >= 0.3 is 0 Å². The Hall–Kier alpha value is -6.25. The fraction of sp³-hybridized carbons (Fsp3) is 0.0816. The molecule has 0 saturated heterocycles. The van der Waals surface area contributed by atoms with Gasteiger partial charge in [0.05, 0.1) is 16.6 Å². The van der Waals surface area contributed by atoms with Crippen LogP contribution in [0.2, 0.25) is 0 Å². The molecule has 0 aliphatic heterocycles. The van der Waals surface area contributed by atoms with Gasteiger partial charge in [0.25, 0.3) is 0 Å². The van der Waals surface area contributed by atoms with Gasteiger partial charge in [0, 0.05) is 16.3 Å². The van der Waals surface area contributed by atoms with Crippen LogP contribution >= 0.6 is 0 Å². The Bertz CT molecular complexity index is 2690. The molecular formula is C49H37NO. The molecule has 0 aliphatic rings. The number of benzene rings is 7.